The van der Waals surface area contributed by atoms with Crippen LogP contribution in [0.2, 0.25) is 0 Å². The van der Waals surface area contributed by atoms with E-state index < -0.39 is 5.97 Å². The maximum Gasteiger partial charge on any atom is 0.335 e. The van der Waals surface area contributed by atoms with Gasteiger partial charge < -0.3 is 5.11 Å². The molecule has 1 aromatic carbocycles. The van der Waals surface area contributed by atoms with Crippen LogP contribution in [-0.2, 0) is 4.79 Å². The van der Waals surface area contributed by atoms with Crippen LogP contribution < -0.4 is 0 Å². The van der Waals surface area contributed by atoms with E-state index >= 15 is 0 Å². The molecule has 0 radical (unpaired) electrons. The van der Waals surface area contributed by atoms with Crippen LogP contribution in [0.4, 0.5) is 5.82 Å². The predicted molar refractivity (Wildman–Crippen MR) is 97.7 cm³/mol. The van der Waals surface area contributed by atoms with Crippen molar-refractivity contribution < 1.29 is 14.7 Å². The minimum absolute atomic E-state index is 0.121. The van der Waals surface area contributed by atoms with Crippen LogP contribution in [0.5, 0.6) is 0 Å². The number of hydrogen-bond acceptors (Lipinski definition) is 5. The minimum Gasteiger partial charge on any atom is -0.478 e. The van der Waals surface area contributed by atoms with Crippen molar-refractivity contribution in [1.29, 1.82) is 0 Å². The molecule has 1 aliphatic heterocycles. The van der Waals surface area contributed by atoms with E-state index in [-0.39, 0.29) is 11.5 Å². The number of rotatable bonds is 4. The molecule has 2 aromatic rings. The van der Waals surface area contributed by atoms with E-state index in [4.69, 9.17) is 5.11 Å². The number of aromatic nitrogens is 1. The molecule has 6 nitrogen and oxygen atoms in total. The van der Waals surface area contributed by atoms with Gasteiger partial charge in [-0.15, -0.1) is 0 Å². The highest BCUT2D eigenvalue weighted by Crippen LogP contribution is 2.33. The second-order valence-corrected chi connectivity index (χ2v) is 6.18. The van der Waals surface area contributed by atoms with Crippen LogP contribution in [0.3, 0.4) is 0 Å². The molecule has 1 aliphatic rings. The van der Waals surface area contributed by atoms with Gasteiger partial charge in [-0.05, 0) is 54.6 Å². The highest BCUT2D eigenvalue weighted by Gasteiger charge is 2.32. The van der Waals surface area contributed by atoms with Gasteiger partial charge in [-0.1, -0.05) is 18.2 Å². The SMILES string of the molecule is CCN1C(=O)/C(=C/c2ccc(C(=O)O)cc2)S/C1=N/c1ccccn1. The first kappa shape index (κ1) is 16.9. The molecule has 0 saturated carbocycles. The quantitative estimate of drug-likeness (QED) is 0.852. The number of amidine groups is 1. The summed E-state index contributed by atoms with van der Waals surface area (Å²) in [5.74, 6) is -0.555. The maximum atomic E-state index is 12.6. The summed E-state index contributed by atoms with van der Waals surface area (Å²) in [5, 5.41) is 9.52. The van der Waals surface area contributed by atoms with E-state index in [0.717, 1.165) is 5.56 Å². The number of carboxylic acid groups (broad SMARTS) is 1. The molecule has 1 fully saturated rings. The van der Waals surface area contributed by atoms with Crippen molar-refractivity contribution in [3.05, 3.63) is 64.7 Å². The summed E-state index contributed by atoms with van der Waals surface area (Å²) >= 11 is 1.28. The largest absolute Gasteiger partial charge is 0.478 e. The second kappa shape index (κ2) is 7.31. The Morgan fingerprint density at radius 3 is 2.64 bits per heavy atom. The zero-order valence-corrected chi connectivity index (χ0v) is 14.2. The van der Waals surface area contributed by atoms with E-state index in [9.17, 15) is 9.59 Å². The Labute approximate surface area is 148 Å². The van der Waals surface area contributed by atoms with E-state index in [1.54, 1.807) is 41.4 Å². The zero-order valence-electron chi connectivity index (χ0n) is 13.4. The standard InChI is InChI=1S/C18H15N3O3S/c1-2-21-16(22)14(11-12-6-8-13(9-7-12)17(23)24)25-18(21)20-15-5-3-4-10-19-15/h3-11H,2H2,1H3,(H,23,24)/b14-11-,20-18+. The molecular formula is C18H15N3O3S. The number of nitrogens with zero attached hydrogens (tertiary/aromatic N) is 3. The van der Waals surface area contributed by atoms with Crippen molar-refractivity contribution in [3.8, 4) is 0 Å². The van der Waals surface area contributed by atoms with Crippen molar-refractivity contribution in [2.24, 2.45) is 4.99 Å². The van der Waals surface area contributed by atoms with Gasteiger partial charge in [0.2, 0.25) is 0 Å². The molecule has 25 heavy (non-hydrogen) atoms. The Morgan fingerprint density at radius 2 is 2.04 bits per heavy atom. The second-order valence-electron chi connectivity index (χ2n) is 5.17. The number of carbonyl (C=O) groups excluding carboxylic acids is 1. The smallest absolute Gasteiger partial charge is 0.335 e. The predicted octanol–water partition coefficient (Wildman–Crippen LogP) is 3.40. The van der Waals surface area contributed by atoms with Crippen molar-refractivity contribution in [3.63, 3.8) is 0 Å². The molecule has 1 amide bonds. The minimum atomic E-state index is -0.979. The summed E-state index contributed by atoms with van der Waals surface area (Å²) in [5.41, 5.74) is 0.969. The van der Waals surface area contributed by atoms with E-state index in [0.29, 0.717) is 22.4 Å². The number of aromatic carboxylic acids is 1. The summed E-state index contributed by atoms with van der Waals surface area (Å²) in [6, 6.07) is 11.8. The van der Waals surface area contributed by atoms with E-state index in [2.05, 4.69) is 9.98 Å². The molecule has 0 atom stereocenters. The number of pyridine rings is 1. The molecule has 0 bridgehead atoms. The summed E-state index contributed by atoms with van der Waals surface area (Å²) in [6.07, 6.45) is 3.39. The van der Waals surface area contributed by atoms with Crippen LogP contribution in [0.15, 0.2) is 58.6 Å². The number of thioether (sulfide) groups is 1. The summed E-state index contributed by atoms with van der Waals surface area (Å²) in [7, 11) is 0. The van der Waals surface area contributed by atoms with Gasteiger partial charge in [-0.2, -0.15) is 0 Å². The lowest BCUT2D eigenvalue weighted by atomic mass is 10.1. The number of hydrogen-bond donors (Lipinski definition) is 1. The lowest BCUT2D eigenvalue weighted by molar-refractivity contribution is -0.122. The summed E-state index contributed by atoms with van der Waals surface area (Å²) in [4.78, 5) is 34.2. The van der Waals surface area contributed by atoms with Gasteiger partial charge in [-0.3, -0.25) is 9.69 Å². The van der Waals surface area contributed by atoms with Crippen LogP contribution in [0.1, 0.15) is 22.8 Å². The van der Waals surface area contributed by atoms with Crippen LogP contribution in [-0.4, -0.2) is 38.6 Å². The average Bonchev–Trinajstić information content (AvgIpc) is 2.91. The zero-order chi connectivity index (χ0) is 17.8. The monoisotopic (exact) mass is 353 g/mol. The Hall–Kier alpha value is -2.93. The molecular weight excluding hydrogens is 338 g/mol. The fourth-order valence-electron chi connectivity index (χ4n) is 2.26. The van der Waals surface area contributed by atoms with Crippen LogP contribution in [0, 0.1) is 0 Å². The topological polar surface area (TPSA) is 82.9 Å². The number of carboxylic acids is 1. The third kappa shape index (κ3) is 3.77. The molecule has 126 valence electrons. The van der Waals surface area contributed by atoms with Gasteiger partial charge in [0.15, 0.2) is 11.0 Å². The highest BCUT2D eigenvalue weighted by molar-refractivity contribution is 8.18. The van der Waals surface area contributed by atoms with Crippen molar-refractivity contribution in [1.82, 2.24) is 9.88 Å². The van der Waals surface area contributed by atoms with E-state index in [1.165, 1.54) is 23.9 Å². The highest BCUT2D eigenvalue weighted by atomic mass is 32.2. The maximum absolute atomic E-state index is 12.6. The normalized spacial score (nSPS) is 17.5. The van der Waals surface area contributed by atoms with Crippen molar-refractivity contribution in [2.45, 2.75) is 6.92 Å². The Morgan fingerprint density at radius 1 is 1.28 bits per heavy atom. The number of likely N-dealkylation sites (N-methyl/N-ethyl adjacent to an activating group) is 1. The molecule has 1 aromatic heterocycles. The lowest BCUT2D eigenvalue weighted by Gasteiger charge is -2.11. The van der Waals surface area contributed by atoms with Gasteiger partial charge >= 0.3 is 5.97 Å². The fraction of sp³-hybridized carbons (Fsp3) is 0.111. The first-order valence-corrected chi connectivity index (χ1v) is 8.44. The number of carbonyl (C=O) groups is 2. The van der Waals surface area contributed by atoms with Crippen LogP contribution >= 0.6 is 11.8 Å². The Bertz CT molecular complexity index is 861. The fourth-order valence-corrected chi connectivity index (χ4v) is 3.31. The Kier molecular flexibility index (Phi) is 4.95. The molecule has 0 aliphatic carbocycles. The number of aliphatic imine (C=N–C) groups is 1. The van der Waals surface area contributed by atoms with Gasteiger partial charge in [0.25, 0.3) is 5.91 Å². The molecule has 1 saturated heterocycles. The molecule has 0 spiro atoms. The van der Waals surface area contributed by atoms with Crippen molar-refractivity contribution in [2.75, 3.05) is 6.54 Å². The first-order chi connectivity index (χ1) is 12.1. The van der Waals surface area contributed by atoms with Gasteiger partial charge in [-0.25, -0.2) is 14.8 Å². The number of benzene rings is 1. The number of amides is 1. The van der Waals surface area contributed by atoms with Gasteiger partial charge in [0.05, 0.1) is 10.5 Å². The van der Waals surface area contributed by atoms with Gasteiger partial charge in [0, 0.05) is 12.7 Å². The first-order valence-electron chi connectivity index (χ1n) is 7.63. The third-order valence-electron chi connectivity index (χ3n) is 3.52. The van der Waals surface area contributed by atoms with Crippen molar-refractivity contribution >= 4 is 40.7 Å². The third-order valence-corrected chi connectivity index (χ3v) is 4.53. The molecule has 1 N–H and O–H groups in total. The Balaban J connectivity index is 1.89. The summed E-state index contributed by atoms with van der Waals surface area (Å²) in [6.45, 7) is 2.39. The van der Waals surface area contributed by atoms with Gasteiger partial charge in [0.1, 0.15) is 0 Å². The van der Waals surface area contributed by atoms with Crippen LogP contribution in [0.25, 0.3) is 6.08 Å². The molecule has 7 heteroatoms. The molecule has 2 heterocycles. The molecule has 3 rings (SSSR count). The van der Waals surface area contributed by atoms with E-state index in [1.807, 2.05) is 13.0 Å². The molecule has 0 unspecified atom stereocenters. The summed E-state index contributed by atoms with van der Waals surface area (Å²) < 4.78 is 0. The average molecular weight is 353 g/mol. The lowest BCUT2D eigenvalue weighted by Crippen LogP contribution is -2.28.